The molecule has 0 saturated carbocycles. The highest BCUT2D eigenvalue weighted by atomic mass is 19.4. The van der Waals surface area contributed by atoms with Gasteiger partial charge in [-0.15, -0.1) is 0 Å². The van der Waals surface area contributed by atoms with Gasteiger partial charge in [0.1, 0.15) is 6.54 Å². The van der Waals surface area contributed by atoms with Gasteiger partial charge >= 0.3 is 6.18 Å². The Hall–Kier alpha value is -3.20. The Morgan fingerprint density at radius 2 is 1.72 bits per heavy atom. The molecule has 0 atom stereocenters. The lowest BCUT2D eigenvalue weighted by Crippen LogP contribution is -2.39. The largest absolute Gasteiger partial charge is 0.416 e. The summed E-state index contributed by atoms with van der Waals surface area (Å²) in [6, 6.07) is 12.4. The molecule has 3 aromatic rings. The Labute approximate surface area is 182 Å². The van der Waals surface area contributed by atoms with Gasteiger partial charge in [-0.1, -0.05) is 24.3 Å². The third-order valence-electron chi connectivity index (χ3n) is 5.67. The van der Waals surface area contributed by atoms with Crippen molar-refractivity contribution < 1.29 is 18.0 Å². The van der Waals surface area contributed by atoms with Gasteiger partial charge in [-0.3, -0.25) is 19.1 Å². The van der Waals surface area contributed by atoms with Crippen molar-refractivity contribution in [3.63, 3.8) is 0 Å². The first kappa shape index (κ1) is 22.0. The van der Waals surface area contributed by atoms with E-state index in [-0.39, 0.29) is 18.0 Å². The van der Waals surface area contributed by atoms with E-state index >= 15 is 0 Å². The predicted octanol–water partition coefficient (Wildman–Crippen LogP) is 3.15. The molecule has 2 aromatic carbocycles. The van der Waals surface area contributed by atoms with Crippen LogP contribution in [0.4, 0.5) is 13.2 Å². The first-order valence-corrected chi connectivity index (χ1v) is 10.4. The van der Waals surface area contributed by atoms with E-state index in [1.165, 1.54) is 22.9 Å². The molecular formula is C23H23F3N4O2. The van der Waals surface area contributed by atoms with Gasteiger partial charge in [0, 0.05) is 32.7 Å². The first-order chi connectivity index (χ1) is 15.3. The summed E-state index contributed by atoms with van der Waals surface area (Å²) in [5.74, 6) is -0.139. The maximum atomic E-state index is 12.9. The van der Waals surface area contributed by atoms with Crippen LogP contribution in [0.1, 0.15) is 17.5 Å². The molecule has 1 aliphatic heterocycles. The maximum Gasteiger partial charge on any atom is 0.416 e. The number of benzene rings is 2. The summed E-state index contributed by atoms with van der Waals surface area (Å²) in [6.45, 7) is 2.88. The zero-order valence-electron chi connectivity index (χ0n) is 17.4. The zero-order chi connectivity index (χ0) is 22.7. The zero-order valence-corrected chi connectivity index (χ0v) is 17.4. The Morgan fingerprint density at radius 1 is 0.969 bits per heavy atom. The highest BCUT2D eigenvalue weighted by Gasteiger charge is 2.30. The molecule has 1 fully saturated rings. The molecule has 0 N–H and O–H groups in total. The minimum Gasteiger partial charge on any atom is -0.340 e. The average Bonchev–Trinajstić information content (AvgIpc) is 3.01. The molecule has 0 spiro atoms. The fourth-order valence-electron chi connectivity index (χ4n) is 3.95. The Morgan fingerprint density at radius 3 is 2.47 bits per heavy atom. The van der Waals surface area contributed by atoms with E-state index in [2.05, 4.69) is 9.88 Å². The van der Waals surface area contributed by atoms with Crippen molar-refractivity contribution in [2.75, 3.05) is 26.2 Å². The molecule has 1 aliphatic rings. The molecule has 0 radical (unpaired) electrons. The summed E-state index contributed by atoms with van der Waals surface area (Å²) in [7, 11) is 0. The molecule has 1 saturated heterocycles. The summed E-state index contributed by atoms with van der Waals surface area (Å²) in [5.41, 5.74) is 1.08. The lowest BCUT2D eigenvalue weighted by molar-refractivity contribution is -0.137. The normalized spacial score (nSPS) is 15.7. The first-order valence-electron chi connectivity index (χ1n) is 10.4. The maximum absolute atomic E-state index is 12.9. The van der Waals surface area contributed by atoms with E-state index in [1.54, 1.807) is 23.1 Å². The fourth-order valence-corrected chi connectivity index (χ4v) is 3.95. The molecule has 2 heterocycles. The second-order valence-electron chi connectivity index (χ2n) is 7.88. The standard InChI is InChI=1S/C23H23F3N4O2/c24-23(25,26)18-8-6-17(7-9-18)15-28-10-3-11-29(13-12-28)22(32)16-30-20-5-2-1-4-19(20)27-14-21(30)31/h1-2,4-9,14H,3,10-13,15-16H2. The predicted molar refractivity (Wildman–Crippen MR) is 114 cm³/mol. The number of fused-ring (bicyclic) bond motifs is 1. The number of para-hydroxylation sites is 2. The van der Waals surface area contributed by atoms with E-state index in [0.717, 1.165) is 30.7 Å². The number of alkyl halides is 3. The number of rotatable bonds is 4. The number of carbonyl (C=O) groups is 1. The molecule has 9 heteroatoms. The summed E-state index contributed by atoms with van der Waals surface area (Å²) in [5, 5.41) is 0. The Balaban J connectivity index is 1.39. The quantitative estimate of drug-likeness (QED) is 0.621. The van der Waals surface area contributed by atoms with Crippen LogP contribution in [0.2, 0.25) is 0 Å². The van der Waals surface area contributed by atoms with Crippen LogP contribution in [0.5, 0.6) is 0 Å². The van der Waals surface area contributed by atoms with E-state index in [1.807, 2.05) is 6.07 Å². The number of hydrogen-bond donors (Lipinski definition) is 0. The number of halogens is 3. The third kappa shape index (κ3) is 4.99. The van der Waals surface area contributed by atoms with Crippen molar-refractivity contribution >= 4 is 16.9 Å². The molecule has 4 rings (SSSR count). The van der Waals surface area contributed by atoms with Gasteiger partial charge in [0.05, 0.1) is 22.8 Å². The summed E-state index contributed by atoms with van der Waals surface area (Å²) in [4.78, 5) is 33.2. The fraction of sp³-hybridized carbons (Fsp3) is 0.348. The molecule has 32 heavy (non-hydrogen) atoms. The van der Waals surface area contributed by atoms with Crippen molar-refractivity contribution in [1.29, 1.82) is 0 Å². The molecule has 1 amide bonds. The molecule has 6 nitrogen and oxygen atoms in total. The third-order valence-corrected chi connectivity index (χ3v) is 5.67. The number of aromatic nitrogens is 2. The smallest absolute Gasteiger partial charge is 0.340 e. The number of hydrogen-bond acceptors (Lipinski definition) is 4. The van der Waals surface area contributed by atoms with E-state index in [9.17, 15) is 22.8 Å². The topological polar surface area (TPSA) is 58.4 Å². The number of amides is 1. The number of nitrogens with zero attached hydrogens (tertiary/aromatic N) is 4. The highest BCUT2D eigenvalue weighted by Crippen LogP contribution is 2.29. The minimum atomic E-state index is -4.34. The van der Waals surface area contributed by atoms with Crippen LogP contribution >= 0.6 is 0 Å². The van der Waals surface area contributed by atoms with E-state index in [0.29, 0.717) is 37.2 Å². The molecule has 0 unspecified atom stereocenters. The van der Waals surface area contributed by atoms with Gasteiger partial charge in [0.25, 0.3) is 5.56 Å². The van der Waals surface area contributed by atoms with Gasteiger partial charge in [0.15, 0.2) is 0 Å². The van der Waals surface area contributed by atoms with Crippen molar-refractivity contribution in [3.05, 3.63) is 76.2 Å². The average molecular weight is 444 g/mol. The van der Waals surface area contributed by atoms with Crippen molar-refractivity contribution in [3.8, 4) is 0 Å². The number of carbonyl (C=O) groups excluding carboxylic acids is 1. The highest BCUT2D eigenvalue weighted by molar-refractivity contribution is 5.80. The van der Waals surface area contributed by atoms with Gasteiger partial charge in [-0.05, 0) is 36.2 Å². The second kappa shape index (κ2) is 9.12. The van der Waals surface area contributed by atoms with Crippen LogP contribution in [0.3, 0.4) is 0 Å². The Bertz CT molecular complexity index is 1160. The molecule has 1 aromatic heterocycles. The molecule has 168 valence electrons. The van der Waals surface area contributed by atoms with Crippen LogP contribution in [0, 0.1) is 0 Å². The minimum absolute atomic E-state index is 0.0548. The molecule has 0 aliphatic carbocycles. The molecular weight excluding hydrogens is 421 g/mol. The Kier molecular flexibility index (Phi) is 6.27. The van der Waals surface area contributed by atoms with Crippen LogP contribution in [0.15, 0.2) is 59.5 Å². The van der Waals surface area contributed by atoms with E-state index < -0.39 is 11.7 Å². The van der Waals surface area contributed by atoms with E-state index in [4.69, 9.17) is 0 Å². The van der Waals surface area contributed by atoms with Gasteiger partial charge in [0.2, 0.25) is 5.91 Å². The van der Waals surface area contributed by atoms with Crippen molar-refractivity contribution in [2.24, 2.45) is 0 Å². The van der Waals surface area contributed by atoms with Crippen LogP contribution in [-0.4, -0.2) is 51.4 Å². The monoisotopic (exact) mass is 444 g/mol. The molecule has 0 bridgehead atoms. The lowest BCUT2D eigenvalue weighted by atomic mass is 10.1. The van der Waals surface area contributed by atoms with Crippen LogP contribution < -0.4 is 5.56 Å². The summed E-state index contributed by atoms with van der Waals surface area (Å²) < 4.78 is 39.7. The lowest BCUT2D eigenvalue weighted by Gasteiger charge is -2.23. The van der Waals surface area contributed by atoms with Crippen molar-refractivity contribution in [2.45, 2.75) is 25.7 Å². The van der Waals surface area contributed by atoms with Crippen LogP contribution in [-0.2, 0) is 24.1 Å². The van der Waals surface area contributed by atoms with Gasteiger partial charge in [-0.25, -0.2) is 4.98 Å². The van der Waals surface area contributed by atoms with Gasteiger partial charge in [-0.2, -0.15) is 13.2 Å². The van der Waals surface area contributed by atoms with Crippen LogP contribution in [0.25, 0.3) is 11.0 Å². The summed E-state index contributed by atoms with van der Waals surface area (Å²) >= 11 is 0. The van der Waals surface area contributed by atoms with Gasteiger partial charge < -0.3 is 4.90 Å². The SMILES string of the molecule is O=C(Cn1c(=O)cnc2ccccc21)N1CCCN(Cc2ccc(C(F)(F)F)cc2)CC1. The summed E-state index contributed by atoms with van der Waals surface area (Å²) in [6.07, 6.45) is -2.37. The second-order valence-corrected chi connectivity index (χ2v) is 7.88. The van der Waals surface area contributed by atoms with Crippen molar-refractivity contribution in [1.82, 2.24) is 19.4 Å².